The summed E-state index contributed by atoms with van der Waals surface area (Å²) in [5.74, 6) is 1.48. The first-order valence-corrected chi connectivity index (χ1v) is 7.89. The van der Waals surface area contributed by atoms with Crippen LogP contribution in [-0.4, -0.2) is 22.1 Å². The summed E-state index contributed by atoms with van der Waals surface area (Å²) in [6, 6.07) is 6.40. The van der Waals surface area contributed by atoms with E-state index < -0.39 is 0 Å². The molecule has 1 heterocycles. The lowest BCUT2D eigenvalue weighted by molar-refractivity contribution is 0.684. The molecule has 0 saturated carbocycles. The van der Waals surface area contributed by atoms with Gasteiger partial charge >= 0.3 is 0 Å². The minimum absolute atomic E-state index is 0.483. The molecular weight excluding hydrogens is 274 g/mol. The topological polar surface area (TPSA) is 68.2 Å². The Bertz CT molecular complexity index is 671. The van der Waals surface area contributed by atoms with Crippen molar-refractivity contribution in [1.29, 1.82) is 0 Å². The Morgan fingerprint density at radius 1 is 1.36 bits per heavy atom. The summed E-state index contributed by atoms with van der Waals surface area (Å²) in [6.45, 7) is 3.42. The molecule has 3 rings (SSSR count). The fraction of sp³-hybridized carbons (Fsp3) is 0.412. The first-order chi connectivity index (χ1) is 10.7. The predicted octanol–water partition coefficient (Wildman–Crippen LogP) is 2.50. The summed E-state index contributed by atoms with van der Waals surface area (Å²) < 4.78 is 2.07. The third-order valence-corrected chi connectivity index (χ3v) is 4.21. The fourth-order valence-electron chi connectivity index (χ4n) is 2.99. The number of aryl methyl sites for hydroxylation is 2. The van der Waals surface area contributed by atoms with Crippen molar-refractivity contribution in [1.82, 2.24) is 9.55 Å². The van der Waals surface area contributed by atoms with Crippen molar-refractivity contribution in [3.8, 4) is 0 Å². The average molecular weight is 297 g/mol. The molecule has 5 nitrogen and oxygen atoms in total. The van der Waals surface area contributed by atoms with Crippen LogP contribution < -0.4 is 11.1 Å². The van der Waals surface area contributed by atoms with Crippen molar-refractivity contribution in [3.63, 3.8) is 0 Å². The van der Waals surface area contributed by atoms with E-state index in [0.717, 1.165) is 24.5 Å². The average Bonchev–Trinajstić information content (AvgIpc) is 2.93. The molecule has 0 amide bonds. The lowest BCUT2D eigenvalue weighted by atomic mass is 9.90. The van der Waals surface area contributed by atoms with Crippen molar-refractivity contribution < 1.29 is 0 Å². The van der Waals surface area contributed by atoms with Gasteiger partial charge in [-0.1, -0.05) is 12.1 Å². The number of benzene rings is 1. The number of imidazole rings is 1. The Morgan fingerprint density at radius 3 is 3.05 bits per heavy atom. The van der Waals surface area contributed by atoms with Gasteiger partial charge in [0.05, 0.1) is 6.54 Å². The largest absolute Gasteiger partial charge is 0.370 e. The molecule has 0 bridgehead atoms. The van der Waals surface area contributed by atoms with Crippen LogP contribution in [0.25, 0.3) is 0 Å². The second-order valence-corrected chi connectivity index (χ2v) is 5.71. The SMILES string of the molecule is Cc1nccn1CCN=C(N)Nc1cccc2c1CCCC2. The highest BCUT2D eigenvalue weighted by Gasteiger charge is 2.12. The minimum Gasteiger partial charge on any atom is -0.370 e. The van der Waals surface area contributed by atoms with Gasteiger partial charge in [0.25, 0.3) is 0 Å². The minimum atomic E-state index is 0.483. The van der Waals surface area contributed by atoms with Crippen LogP contribution in [0.3, 0.4) is 0 Å². The number of hydrogen-bond acceptors (Lipinski definition) is 2. The van der Waals surface area contributed by atoms with Gasteiger partial charge in [-0.05, 0) is 49.8 Å². The number of aliphatic imine (C=N–C) groups is 1. The number of fused-ring (bicyclic) bond motifs is 1. The van der Waals surface area contributed by atoms with E-state index in [0.29, 0.717) is 12.5 Å². The van der Waals surface area contributed by atoms with Crippen molar-refractivity contribution in [3.05, 3.63) is 47.5 Å². The first-order valence-electron chi connectivity index (χ1n) is 7.89. The predicted molar refractivity (Wildman–Crippen MR) is 90.2 cm³/mol. The Hall–Kier alpha value is -2.30. The van der Waals surface area contributed by atoms with Gasteiger partial charge in [0.1, 0.15) is 5.82 Å². The van der Waals surface area contributed by atoms with Crippen LogP contribution in [0.2, 0.25) is 0 Å². The smallest absolute Gasteiger partial charge is 0.193 e. The van der Waals surface area contributed by atoms with Gasteiger partial charge in [-0.25, -0.2) is 4.98 Å². The van der Waals surface area contributed by atoms with Crippen molar-refractivity contribution in [2.45, 2.75) is 39.2 Å². The van der Waals surface area contributed by atoms with Crippen molar-refractivity contribution >= 4 is 11.6 Å². The lowest BCUT2D eigenvalue weighted by Crippen LogP contribution is -2.24. The molecule has 0 atom stereocenters. The van der Waals surface area contributed by atoms with Gasteiger partial charge < -0.3 is 15.6 Å². The number of rotatable bonds is 4. The van der Waals surface area contributed by atoms with E-state index in [1.165, 1.54) is 30.4 Å². The molecule has 2 aromatic rings. The Labute approximate surface area is 131 Å². The number of nitrogens with zero attached hydrogens (tertiary/aromatic N) is 3. The molecule has 5 heteroatoms. The van der Waals surface area contributed by atoms with Crippen LogP contribution in [0.5, 0.6) is 0 Å². The number of guanidine groups is 1. The van der Waals surface area contributed by atoms with E-state index in [4.69, 9.17) is 5.73 Å². The van der Waals surface area contributed by atoms with Gasteiger partial charge in [0, 0.05) is 24.6 Å². The first kappa shape index (κ1) is 14.6. The van der Waals surface area contributed by atoms with Crippen LogP contribution in [0.15, 0.2) is 35.6 Å². The Kier molecular flexibility index (Phi) is 4.42. The molecule has 1 aromatic heterocycles. The number of nitrogens with one attached hydrogen (secondary N) is 1. The maximum atomic E-state index is 6.03. The summed E-state index contributed by atoms with van der Waals surface area (Å²) >= 11 is 0. The van der Waals surface area contributed by atoms with E-state index in [-0.39, 0.29) is 0 Å². The second kappa shape index (κ2) is 6.64. The second-order valence-electron chi connectivity index (χ2n) is 5.71. The maximum Gasteiger partial charge on any atom is 0.193 e. The Balaban J connectivity index is 1.63. The number of hydrogen-bond donors (Lipinski definition) is 2. The molecule has 0 radical (unpaired) electrons. The summed E-state index contributed by atoms with van der Waals surface area (Å²) in [5.41, 5.74) is 9.98. The molecule has 1 aliphatic rings. The van der Waals surface area contributed by atoms with E-state index >= 15 is 0 Å². The number of anilines is 1. The van der Waals surface area contributed by atoms with Crippen LogP contribution in [0, 0.1) is 6.92 Å². The molecule has 1 aromatic carbocycles. The Morgan fingerprint density at radius 2 is 2.23 bits per heavy atom. The number of aromatic nitrogens is 2. The normalized spacial score (nSPS) is 14.7. The van der Waals surface area contributed by atoms with E-state index in [2.05, 4.69) is 38.1 Å². The molecule has 116 valence electrons. The molecule has 0 aliphatic heterocycles. The standard InChI is InChI=1S/C17H23N5/c1-13-19-9-11-22(13)12-10-20-17(18)21-16-8-4-6-14-5-2-3-7-15(14)16/h4,6,8-9,11H,2-3,5,7,10,12H2,1H3,(H3,18,20,21). The van der Waals surface area contributed by atoms with Crippen LogP contribution in [-0.2, 0) is 19.4 Å². The molecule has 22 heavy (non-hydrogen) atoms. The zero-order chi connectivity index (χ0) is 15.4. The highest BCUT2D eigenvalue weighted by atomic mass is 15.1. The monoisotopic (exact) mass is 297 g/mol. The molecule has 0 unspecified atom stereocenters. The molecule has 0 saturated heterocycles. The lowest BCUT2D eigenvalue weighted by Gasteiger charge is -2.19. The summed E-state index contributed by atoms with van der Waals surface area (Å²) in [7, 11) is 0. The summed E-state index contributed by atoms with van der Waals surface area (Å²) in [4.78, 5) is 8.62. The molecule has 3 N–H and O–H groups in total. The van der Waals surface area contributed by atoms with E-state index in [1.807, 2.05) is 13.1 Å². The van der Waals surface area contributed by atoms with Crippen LogP contribution in [0.4, 0.5) is 5.69 Å². The third kappa shape index (κ3) is 3.30. The van der Waals surface area contributed by atoms with Gasteiger partial charge in [0.2, 0.25) is 0 Å². The van der Waals surface area contributed by atoms with E-state index in [9.17, 15) is 0 Å². The number of nitrogens with two attached hydrogens (primary N) is 1. The summed E-state index contributed by atoms with van der Waals surface area (Å²) in [5, 5.41) is 3.27. The summed E-state index contributed by atoms with van der Waals surface area (Å²) in [6.07, 6.45) is 8.59. The highest BCUT2D eigenvalue weighted by Crippen LogP contribution is 2.27. The third-order valence-electron chi connectivity index (χ3n) is 4.21. The van der Waals surface area contributed by atoms with Gasteiger partial charge in [0.15, 0.2) is 5.96 Å². The molecule has 0 fully saturated rings. The maximum absolute atomic E-state index is 6.03. The van der Waals surface area contributed by atoms with Gasteiger partial charge in [-0.2, -0.15) is 0 Å². The van der Waals surface area contributed by atoms with Crippen molar-refractivity contribution in [2.24, 2.45) is 10.7 Å². The fourth-order valence-corrected chi connectivity index (χ4v) is 2.99. The molecular formula is C17H23N5. The van der Waals surface area contributed by atoms with Crippen LogP contribution >= 0.6 is 0 Å². The molecule has 0 spiro atoms. The van der Waals surface area contributed by atoms with Gasteiger partial charge in [-0.3, -0.25) is 4.99 Å². The van der Waals surface area contributed by atoms with Gasteiger partial charge in [-0.15, -0.1) is 0 Å². The quantitative estimate of drug-likeness (QED) is 0.673. The highest BCUT2D eigenvalue weighted by molar-refractivity contribution is 5.93. The molecule has 1 aliphatic carbocycles. The zero-order valence-electron chi connectivity index (χ0n) is 13.0. The van der Waals surface area contributed by atoms with Crippen LogP contribution in [0.1, 0.15) is 29.8 Å². The zero-order valence-corrected chi connectivity index (χ0v) is 13.0. The van der Waals surface area contributed by atoms with E-state index in [1.54, 1.807) is 6.20 Å². The van der Waals surface area contributed by atoms with Crippen molar-refractivity contribution in [2.75, 3.05) is 11.9 Å².